The Morgan fingerprint density at radius 3 is 2.56 bits per heavy atom. The fourth-order valence-electron chi connectivity index (χ4n) is 4.98. The molecule has 2 aromatic carbocycles. The average molecular weight is 460 g/mol. The Hall–Kier alpha value is -3.68. The van der Waals surface area contributed by atoms with Crippen molar-refractivity contribution < 1.29 is 14.4 Å². The summed E-state index contributed by atoms with van der Waals surface area (Å²) in [5.74, 6) is -0.212. The third kappa shape index (κ3) is 4.40. The van der Waals surface area contributed by atoms with Gasteiger partial charge in [0.05, 0.1) is 17.4 Å². The van der Waals surface area contributed by atoms with Gasteiger partial charge in [-0.3, -0.25) is 14.5 Å². The standard InChI is InChI=1S/C26H29N5O3/c32-23(8-5-15-31-24(33)26(29-25(31)34)13-3-4-14-26)27-16-19-9-11-20(12-10-19)17-30-18-28-21-6-1-2-7-22(21)30/h1-2,6-7,9-12,18H,3-5,8,13-17H2,(H,27,32)(H,29,34). The van der Waals surface area contributed by atoms with E-state index >= 15 is 0 Å². The zero-order valence-electron chi connectivity index (χ0n) is 19.1. The van der Waals surface area contributed by atoms with Gasteiger partial charge in [0.2, 0.25) is 5.91 Å². The second-order valence-electron chi connectivity index (χ2n) is 9.23. The first kappa shape index (κ1) is 22.1. The number of benzene rings is 2. The molecule has 5 rings (SSSR count). The molecule has 2 heterocycles. The number of hydrogen-bond acceptors (Lipinski definition) is 4. The minimum Gasteiger partial charge on any atom is -0.352 e. The summed E-state index contributed by atoms with van der Waals surface area (Å²) in [6, 6.07) is 15.9. The van der Waals surface area contributed by atoms with Gasteiger partial charge in [-0.25, -0.2) is 9.78 Å². The zero-order chi connectivity index (χ0) is 23.5. The van der Waals surface area contributed by atoms with Crippen LogP contribution in [0.2, 0.25) is 0 Å². The van der Waals surface area contributed by atoms with Crippen molar-refractivity contribution in [2.24, 2.45) is 0 Å². The fourth-order valence-corrected chi connectivity index (χ4v) is 4.98. The van der Waals surface area contributed by atoms with Crippen molar-refractivity contribution in [3.8, 4) is 0 Å². The number of carbonyl (C=O) groups excluding carboxylic acids is 3. The van der Waals surface area contributed by atoms with E-state index in [0.717, 1.165) is 41.5 Å². The molecule has 0 bridgehead atoms. The van der Waals surface area contributed by atoms with Crippen LogP contribution in [0.4, 0.5) is 4.79 Å². The van der Waals surface area contributed by atoms with E-state index in [0.29, 0.717) is 25.8 Å². The van der Waals surface area contributed by atoms with E-state index in [1.807, 2.05) is 36.7 Å². The highest BCUT2D eigenvalue weighted by molar-refractivity contribution is 6.07. The molecule has 4 amide bonds. The monoisotopic (exact) mass is 459 g/mol. The Morgan fingerprint density at radius 2 is 1.76 bits per heavy atom. The number of rotatable bonds is 8. The number of urea groups is 1. The summed E-state index contributed by atoms with van der Waals surface area (Å²) in [5.41, 5.74) is 3.58. The lowest BCUT2D eigenvalue weighted by Crippen LogP contribution is -2.44. The molecule has 1 saturated carbocycles. The van der Waals surface area contributed by atoms with E-state index in [1.54, 1.807) is 0 Å². The maximum Gasteiger partial charge on any atom is 0.325 e. The van der Waals surface area contributed by atoms with E-state index in [9.17, 15) is 14.4 Å². The van der Waals surface area contributed by atoms with Gasteiger partial charge in [0.15, 0.2) is 0 Å². The summed E-state index contributed by atoms with van der Waals surface area (Å²) in [5, 5.41) is 5.80. The van der Waals surface area contributed by atoms with E-state index in [1.165, 1.54) is 4.90 Å². The van der Waals surface area contributed by atoms with Crippen LogP contribution in [-0.4, -0.2) is 44.4 Å². The normalized spacial score (nSPS) is 17.0. The highest BCUT2D eigenvalue weighted by Gasteiger charge is 2.52. The van der Waals surface area contributed by atoms with Crippen LogP contribution in [-0.2, 0) is 22.7 Å². The molecule has 1 aliphatic heterocycles. The molecule has 1 spiro atoms. The van der Waals surface area contributed by atoms with Crippen molar-refractivity contribution in [2.75, 3.05) is 6.54 Å². The summed E-state index contributed by atoms with van der Waals surface area (Å²) in [6.45, 7) is 1.45. The molecule has 0 radical (unpaired) electrons. The van der Waals surface area contributed by atoms with Crippen molar-refractivity contribution in [2.45, 2.75) is 57.2 Å². The maximum absolute atomic E-state index is 12.7. The third-order valence-corrected chi connectivity index (χ3v) is 6.88. The highest BCUT2D eigenvalue weighted by Crippen LogP contribution is 2.35. The van der Waals surface area contributed by atoms with Crippen molar-refractivity contribution in [3.63, 3.8) is 0 Å². The minimum absolute atomic E-state index is 0.0865. The average Bonchev–Trinajstić information content (AvgIpc) is 3.54. The second kappa shape index (κ2) is 9.29. The number of aromatic nitrogens is 2. The molecular formula is C26H29N5O3. The molecule has 2 N–H and O–H groups in total. The number of hydrogen-bond donors (Lipinski definition) is 2. The summed E-state index contributed by atoms with van der Waals surface area (Å²) < 4.78 is 2.12. The smallest absolute Gasteiger partial charge is 0.325 e. The topological polar surface area (TPSA) is 96.3 Å². The molecule has 1 aromatic heterocycles. The van der Waals surface area contributed by atoms with Gasteiger partial charge in [0, 0.05) is 26.1 Å². The molecule has 34 heavy (non-hydrogen) atoms. The molecule has 0 unspecified atom stereocenters. The molecule has 1 aliphatic carbocycles. The SMILES string of the molecule is O=C(CCCN1C(=O)NC2(CCCC2)C1=O)NCc1ccc(Cn2cnc3ccccc32)cc1. The predicted octanol–water partition coefficient (Wildman–Crippen LogP) is 3.35. The number of imidazole rings is 1. The Morgan fingerprint density at radius 1 is 1.03 bits per heavy atom. The summed E-state index contributed by atoms with van der Waals surface area (Å²) in [6.07, 6.45) is 5.94. The van der Waals surface area contributed by atoms with Crippen molar-refractivity contribution in [3.05, 3.63) is 66.0 Å². The van der Waals surface area contributed by atoms with E-state index in [2.05, 4.69) is 38.4 Å². The van der Waals surface area contributed by atoms with Crippen molar-refractivity contribution in [1.82, 2.24) is 25.1 Å². The van der Waals surface area contributed by atoms with Crippen LogP contribution in [0.15, 0.2) is 54.9 Å². The Bertz CT molecular complexity index is 1210. The van der Waals surface area contributed by atoms with Crippen molar-refractivity contribution >= 4 is 28.9 Å². The third-order valence-electron chi connectivity index (χ3n) is 6.88. The lowest BCUT2D eigenvalue weighted by atomic mass is 9.98. The Labute approximate surface area is 198 Å². The number of amides is 4. The summed E-state index contributed by atoms with van der Waals surface area (Å²) >= 11 is 0. The molecule has 8 nitrogen and oxygen atoms in total. The van der Waals surface area contributed by atoms with Crippen LogP contribution in [0.25, 0.3) is 11.0 Å². The van der Waals surface area contributed by atoms with Gasteiger partial charge in [-0.15, -0.1) is 0 Å². The Balaban J connectivity index is 1.07. The van der Waals surface area contributed by atoms with Crippen LogP contribution in [0.5, 0.6) is 0 Å². The molecule has 1 saturated heterocycles. The van der Waals surface area contributed by atoms with Crippen molar-refractivity contribution in [1.29, 1.82) is 0 Å². The first-order chi connectivity index (χ1) is 16.5. The van der Waals surface area contributed by atoms with Gasteiger partial charge in [0.25, 0.3) is 5.91 Å². The van der Waals surface area contributed by atoms with Gasteiger partial charge in [-0.2, -0.15) is 0 Å². The molecular weight excluding hydrogens is 430 g/mol. The van der Waals surface area contributed by atoms with E-state index < -0.39 is 5.54 Å². The van der Waals surface area contributed by atoms with Gasteiger partial charge < -0.3 is 15.2 Å². The molecule has 8 heteroatoms. The van der Waals surface area contributed by atoms with Gasteiger partial charge >= 0.3 is 6.03 Å². The largest absolute Gasteiger partial charge is 0.352 e. The summed E-state index contributed by atoms with van der Waals surface area (Å²) in [4.78, 5) is 42.9. The first-order valence-electron chi connectivity index (χ1n) is 11.9. The Kier molecular flexibility index (Phi) is 6.04. The van der Waals surface area contributed by atoms with E-state index in [-0.39, 0.29) is 30.8 Å². The number of nitrogens with zero attached hydrogens (tertiary/aromatic N) is 3. The number of fused-ring (bicyclic) bond motifs is 1. The number of imide groups is 1. The van der Waals surface area contributed by atoms with Gasteiger partial charge in [-0.05, 0) is 42.5 Å². The zero-order valence-corrected chi connectivity index (χ0v) is 19.1. The summed E-state index contributed by atoms with van der Waals surface area (Å²) in [7, 11) is 0. The second-order valence-corrected chi connectivity index (χ2v) is 9.23. The number of nitrogens with one attached hydrogen (secondary N) is 2. The lowest BCUT2D eigenvalue weighted by molar-refractivity contribution is -0.131. The fraction of sp³-hybridized carbons (Fsp3) is 0.385. The maximum atomic E-state index is 12.7. The molecule has 176 valence electrons. The van der Waals surface area contributed by atoms with E-state index in [4.69, 9.17) is 0 Å². The number of para-hydroxylation sites is 2. The molecule has 2 fully saturated rings. The highest BCUT2D eigenvalue weighted by atomic mass is 16.2. The minimum atomic E-state index is -0.684. The van der Waals surface area contributed by atoms with Crippen LogP contribution < -0.4 is 10.6 Å². The van der Waals surface area contributed by atoms with Crippen LogP contribution in [0.3, 0.4) is 0 Å². The van der Waals surface area contributed by atoms with Gasteiger partial charge in [-0.1, -0.05) is 49.2 Å². The lowest BCUT2D eigenvalue weighted by Gasteiger charge is -2.19. The first-order valence-corrected chi connectivity index (χ1v) is 11.9. The van der Waals surface area contributed by atoms with Gasteiger partial charge in [0.1, 0.15) is 5.54 Å². The van der Waals surface area contributed by atoms with Crippen LogP contribution in [0.1, 0.15) is 49.7 Å². The predicted molar refractivity (Wildman–Crippen MR) is 128 cm³/mol. The van der Waals surface area contributed by atoms with Crippen LogP contribution >= 0.6 is 0 Å². The quantitative estimate of drug-likeness (QED) is 0.505. The van der Waals surface area contributed by atoms with Crippen LogP contribution in [0, 0.1) is 0 Å². The number of carbonyl (C=O) groups is 3. The molecule has 3 aromatic rings. The molecule has 0 atom stereocenters. The molecule has 2 aliphatic rings.